The number of nitrogens with one attached hydrogen (secondary N) is 1. The second kappa shape index (κ2) is 11.7. The van der Waals surface area contributed by atoms with Gasteiger partial charge in [0.1, 0.15) is 12.4 Å². The second-order valence-electron chi connectivity index (χ2n) is 5.81. The summed E-state index contributed by atoms with van der Waals surface area (Å²) in [6, 6.07) is 19.9. The van der Waals surface area contributed by atoms with Crippen LogP contribution in [0.4, 0.5) is 0 Å². The van der Waals surface area contributed by atoms with E-state index in [1.165, 1.54) is 0 Å². The van der Waals surface area contributed by atoms with E-state index in [1.54, 1.807) is 0 Å². The van der Waals surface area contributed by atoms with E-state index in [4.69, 9.17) is 34.0 Å². The van der Waals surface area contributed by atoms with Crippen LogP contribution in [0.3, 0.4) is 0 Å². The molecule has 28 heavy (non-hydrogen) atoms. The average molecular weight is 389 g/mol. The minimum Gasteiger partial charge on any atom is -0.492 e. The van der Waals surface area contributed by atoms with Crippen LogP contribution >= 0.6 is 0 Å². The number of benzene rings is 2. The molecule has 1 aliphatic heterocycles. The fourth-order valence-electron chi connectivity index (χ4n) is 2.36. The van der Waals surface area contributed by atoms with Gasteiger partial charge in [-0.1, -0.05) is 48.5 Å². The van der Waals surface area contributed by atoms with Crippen LogP contribution in [0.15, 0.2) is 60.7 Å². The number of rotatable bonds is 7. The predicted molar refractivity (Wildman–Crippen MR) is 100 cm³/mol. The number of para-hydroxylation sites is 1. The molecule has 2 atom stereocenters. The van der Waals surface area contributed by atoms with Gasteiger partial charge in [0.15, 0.2) is 6.29 Å². The quantitative estimate of drug-likeness (QED) is 0.486. The third-order valence-corrected chi connectivity index (χ3v) is 3.67. The van der Waals surface area contributed by atoms with Gasteiger partial charge >= 0.3 is 11.9 Å². The molecule has 0 aliphatic carbocycles. The first-order valence-corrected chi connectivity index (χ1v) is 8.73. The highest BCUT2D eigenvalue weighted by molar-refractivity contribution is 6.27. The molecular formula is C20H23NO7. The lowest BCUT2D eigenvalue weighted by Crippen LogP contribution is -2.31. The number of ether oxygens (including phenoxy) is 3. The third kappa shape index (κ3) is 7.75. The average Bonchev–Trinajstić information content (AvgIpc) is 3.18. The molecule has 3 N–H and O–H groups in total. The van der Waals surface area contributed by atoms with Gasteiger partial charge in [-0.25, -0.2) is 9.59 Å². The van der Waals surface area contributed by atoms with Gasteiger partial charge in [-0.15, -0.1) is 0 Å². The van der Waals surface area contributed by atoms with Crippen molar-refractivity contribution in [3.05, 3.63) is 66.2 Å². The Morgan fingerprint density at radius 1 is 1.00 bits per heavy atom. The Morgan fingerprint density at radius 2 is 1.61 bits per heavy atom. The van der Waals surface area contributed by atoms with Gasteiger partial charge in [0.25, 0.3) is 0 Å². The molecule has 2 aromatic rings. The SMILES string of the molecule is O=C(O)C(=O)O.c1ccc(OCCNCC2CO[C@@H](c3ccccc3)O2)cc1. The van der Waals surface area contributed by atoms with Crippen molar-refractivity contribution in [3.63, 3.8) is 0 Å². The van der Waals surface area contributed by atoms with E-state index >= 15 is 0 Å². The number of carboxylic acids is 2. The van der Waals surface area contributed by atoms with E-state index in [-0.39, 0.29) is 12.4 Å². The lowest BCUT2D eigenvalue weighted by Gasteiger charge is -2.12. The lowest BCUT2D eigenvalue weighted by atomic mass is 10.2. The van der Waals surface area contributed by atoms with Crippen molar-refractivity contribution < 1.29 is 34.0 Å². The highest BCUT2D eigenvalue weighted by Crippen LogP contribution is 2.26. The van der Waals surface area contributed by atoms with Crippen LogP contribution in [0.1, 0.15) is 11.9 Å². The topological polar surface area (TPSA) is 114 Å². The smallest absolute Gasteiger partial charge is 0.414 e. The van der Waals surface area contributed by atoms with Crippen molar-refractivity contribution >= 4 is 11.9 Å². The number of hydrogen-bond acceptors (Lipinski definition) is 6. The number of hydrogen-bond donors (Lipinski definition) is 3. The minimum absolute atomic E-state index is 0.0851. The molecule has 1 aliphatic rings. The zero-order valence-corrected chi connectivity index (χ0v) is 15.2. The first-order chi connectivity index (χ1) is 13.6. The molecule has 1 saturated heterocycles. The maximum atomic E-state index is 9.10. The maximum absolute atomic E-state index is 9.10. The molecular weight excluding hydrogens is 366 g/mol. The first-order valence-electron chi connectivity index (χ1n) is 8.73. The second-order valence-corrected chi connectivity index (χ2v) is 5.81. The fraction of sp³-hybridized carbons (Fsp3) is 0.300. The number of carboxylic acid groups (broad SMARTS) is 2. The summed E-state index contributed by atoms with van der Waals surface area (Å²) in [6.45, 7) is 2.80. The van der Waals surface area contributed by atoms with Crippen LogP contribution in [0.5, 0.6) is 5.75 Å². The Balaban J connectivity index is 0.000000409. The van der Waals surface area contributed by atoms with Crippen LogP contribution in [-0.2, 0) is 19.1 Å². The van der Waals surface area contributed by atoms with Crippen LogP contribution in [-0.4, -0.2) is 54.6 Å². The lowest BCUT2D eigenvalue weighted by molar-refractivity contribution is -0.159. The van der Waals surface area contributed by atoms with Crippen molar-refractivity contribution in [2.24, 2.45) is 0 Å². The number of aliphatic carboxylic acids is 2. The van der Waals surface area contributed by atoms with Crippen LogP contribution in [0.2, 0.25) is 0 Å². The summed E-state index contributed by atoms with van der Waals surface area (Å²) in [5, 5.41) is 18.1. The van der Waals surface area contributed by atoms with Gasteiger partial charge in [0.2, 0.25) is 0 Å². The van der Waals surface area contributed by atoms with E-state index in [9.17, 15) is 0 Å². The molecule has 1 heterocycles. The Bertz CT molecular complexity index is 712. The molecule has 0 saturated carbocycles. The highest BCUT2D eigenvalue weighted by atomic mass is 16.7. The summed E-state index contributed by atoms with van der Waals surface area (Å²) in [6.07, 6.45) is -0.157. The molecule has 3 rings (SSSR count). The molecule has 1 fully saturated rings. The summed E-state index contributed by atoms with van der Waals surface area (Å²) in [5.41, 5.74) is 1.07. The van der Waals surface area contributed by atoms with Gasteiger partial charge in [0.05, 0.1) is 12.7 Å². The van der Waals surface area contributed by atoms with E-state index in [0.29, 0.717) is 13.2 Å². The van der Waals surface area contributed by atoms with Gasteiger partial charge in [-0.2, -0.15) is 0 Å². The molecule has 0 radical (unpaired) electrons. The summed E-state index contributed by atoms with van der Waals surface area (Å²) in [5.74, 6) is -2.75. The maximum Gasteiger partial charge on any atom is 0.414 e. The third-order valence-electron chi connectivity index (χ3n) is 3.67. The largest absolute Gasteiger partial charge is 0.492 e. The molecule has 8 nitrogen and oxygen atoms in total. The molecule has 150 valence electrons. The summed E-state index contributed by atoms with van der Waals surface area (Å²) in [4.78, 5) is 18.2. The van der Waals surface area contributed by atoms with Gasteiger partial charge in [-0.05, 0) is 12.1 Å². The number of carbonyl (C=O) groups is 2. The van der Waals surface area contributed by atoms with Crippen molar-refractivity contribution in [1.29, 1.82) is 0 Å². The summed E-state index contributed by atoms with van der Waals surface area (Å²) >= 11 is 0. The van der Waals surface area contributed by atoms with E-state index < -0.39 is 11.9 Å². The van der Waals surface area contributed by atoms with Gasteiger partial charge in [0, 0.05) is 18.7 Å². The Hall–Kier alpha value is -2.94. The van der Waals surface area contributed by atoms with Crippen molar-refractivity contribution in [1.82, 2.24) is 5.32 Å². The summed E-state index contributed by atoms with van der Waals surface area (Å²) in [7, 11) is 0. The zero-order valence-electron chi connectivity index (χ0n) is 15.2. The molecule has 0 aromatic heterocycles. The van der Waals surface area contributed by atoms with E-state index in [0.717, 1.165) is 24.4 Å². The minimum atomic E-state index is -1.82. The zero-order chi connectivity index (χ0) is 20.2. The highest BCUT2D eigenvalue weighted by Gasteiger charge is 2.26. The van der Waals surface area contributed by atoms with Crippen LogP contribution < -0.4 is 10.1 Å². The standard InChI is InChI=1S/C18H21NO3.C2H2O4/c1-3-7-15(8-4-1)18-21-14-17(22-18)13-19-11-12-20-16-9-5-2-6-10-16;3-1(4)2(5)6/h1-10,17-19H,11-14H2;(H,3,4)(H,5,6)/t17?,18-;/m1./s1. The van der Waals surface area contributed by atoms with Crippen molar-refractivity contribution in [3.8, 4) is 5.75 Å². The first kappa shape index (κ1) is 21.4. The van der Waals surface area contributed by atoms with E-state index in [2.05, 4.69) is 5.32 Å². The van der Waals surface area contributed by atoms with E-state index in [1.807, 2.05) is 60.7 Å². The van der Waals surface area contributed by atoms with Gasteiger partial charge < -0.3 is 29.7 Å². The normalized spacial score (nSPS) is 18.0. The molecule has 1 unspecified atom stereocenters. The molecule has 0 bridgehead atoms. The Kier molecular flexibility index (Phi) is 8.93. The Morgan fingerprint density at radius 3 is 2.21 bits per heavy atom. The van der Waals surface area contributed by atoms with Crippen LogP contribution in [0.25, 0.3) is 0 Å². The Labute approximate surface area is 162 Å². The molecule has 8 heteroatoms. The predicted octanol–water partition coefficient (Wildman–Crippen LogP) is 1.92. The molecule has 2 aromatic carbocycles. The summed E-state index contributed by atoms with van der Waals surface area (Å²) < 4.78 is 17.2. The van der Waals surface area contributed by atoms with Crippen molar-refractivity contribution in [2.45, 2.75) is 12.4 Å². The molecule has 0 spiro atoms. The van der Waals surface area contributed by atoms with Gasteiger partial charge in [-0.3, -0.25) is 0 Å². The van der Waals surface area contributed by atoms with Crippen LogP contribution in [0, 0.1) is 0 Å². The fourth-order valence-corrected chi connectivity index (χ4v) is 2.36. The molecule has 0 amide bonds. The van der Waals surface area contributed by atoms with Crippen molar-refractivity contribution in [2.75, 3.05) is 26.3 Å². The monoisotopic (exact) mass is 389 g/mol.